The molecule has 4 nitrogen and oxygen atoms in total. The second-order valence-electron chi connectivity index (χ2n) is 3.89. The van der Waals surface area contributed by atoms with E-state index in [9.17, 15) is 0 Å². The molecule has 0 aliphatic heterocycles. The van der Waals surface area contributed by atoms with E-state index in [2.05, 4.69) is 22.7 Å². The highest BCUT2D eigenvalue weighted by atomic mass is 32.1. The van der Waals surface area contributed by atoms with E-state index in [0.29, 0.717) is 12.7 Å². The fourth-order valence-electron chi connectivity index (χ4n) is 1.65. The van der Waals surface area contributed by atoms with Crippen LogP contribution in [0.2, 0.25) is 0 Å². The summed E-state index contributed by atoms with van der Waals surface area (Å²) in [6.45, 7) is 2.45. The molecule has 0 atom stereocenters. The van der Waals surface area contributed by atoms with Crippen LogP contribution in [0.5, 0.6) is 0 Å². The Hall–Kier alpha value is -0.680. The van der Waals surface area contributed by atoms with Gasteiger partial charge in [-0.25, -0.2) is 0 Å². The lowest BCUT2D eigenvalue weighted by Crippen LogP contribution is -2.26. The average Bonchev–Trinajstić information content (AvgIpc) is 2.25. The minimum absolute atomic E-state index is 0.187. The molecule has 0 aromatic heterocycles. The van der Waals surface area contributed by atoms with Gasteiger partial charge in [0.15, 0.2) is 5.11 Å². The van der Waals surface area contributed by atoms with Gasteiger partial charge in [0.1, 0.15) is 0 Å². The van der Waals surface area contributed by atoms with E-state index < -0.39 is 0 Å². The minimum atomic E-state index is 0.187. The molecule has 0 unspecified atom stereocenters. The highest BCUT2D eigenvalue weighted by Gasteiger charge is 2.13. The Kier molecular flexibility index (Phi) is 5.57. The lowest BCUT2D eigenvalue weighted by Gasteiger charge is -2.21. The van der Waals surface area contributed by atoms with E-state index in [4.69, 9.17) is 10.5 Å². The molecular formula is C10H19N3OS. The Bertz CT molecular complexity index is 237. The second-order valence-corrected chi connectivity index (χ2v) is 4.33. The fraction of sp³-hybridized carbons (Fsp3) is 0.800. The number of nitrogens with two attached hydrogens (primary N) is 1. The summed E-state index contributed by atoms with van der Waals surface area (Å²) in [6.07, 6.45) is 6.67. The van der Waals surface area contributed by atoms with Crippen molar-refractivity contribution in [2.45, 2.75) is 45.1 Å². The highest BCUT2D eigenvalue weighted by Crippen LogP contribution is 2.19. The number of hydrogen-bond acceptors (Lipinski definition) is 3. The summed E-state index contributed by atoms with van der Waals surface area (Å²) in [5.74, 6) is 0. The van der Waals surface area contributed by atoms with Gasteiger partial charge in [-0.2, -0.15) is 5.10 Å². The first-order valence-corrected chi connectivity index (χ1v) is 5.79. The van der Waals surface area contributed by atoms with Crippen LogP contribution in [-0.2, 0) is 4.74 Å². The van der Waals surface area contributed by atoms with E-state index in [1.165, 1.54) is 32.1 Å². The number of thiocarbonyl (C=S) groups is 1. The molecule has 1 fully saturated rings. The van der Waals surface area contributed by atoms with Crippen molar-refractivity contribution in [1.82, 2.24) is 5.43 Å². The highest BCUT2D eigenvalue weighted by molar-refractivity contribution is 7.80. The molecule has 0 aromatic carbocycles. The lowest BCUT2D eigenvalue weighted by atomic mass is 9.98. The molecule has 0 heterocycles. The average molecular weight is 229 g/mol. The molecule has 86 valence electrons. The summed E-state index contributed by atoms with van der Waals surface area (Å²) in [5.41, 5.74) is 8.67. The second kappa shape index (κ2) is 6.74. The number of rotatable bonds is 4. The van der Waals surface area contributed by atoms with E-state index in [1.54, 1.807) is 0 Å². The number of nitrogens with one attached hydrogen (secondary N) is 1. The predicted molar refractivity (Wildman–Crippen MR) is 65.9 cm³/mol. The first kappa shape index (κ1) is 12.4. The third kappa shape index (κ3) is 5.69. The maximum absolute atomic E-state index is 5.72. The first-order valence-electron chi connectivity index (χ1n) is 5.38. The van der Waals surface area contributed by atoms with E-state index in [1.807, 2.05) is 6.92 Å². The quantitative estimate of drug-likeness (QED) is 0.436. The molecule has 0 saturated heterocycles. The Morgan fingerprint density at radius 3 is 2.73 bits per heavy atom. The van der Waals surface area contributed by atoms with Crippen LogP contribution in [0, 0.1) is 0 Å². The molecule has 5 heteroatoms. The molecule has 0 amide bonds. The summed E-state index contributed by atoms with van der Waals surface area (Å²) in [7, 11) is 0. The maximum atomic E-state index is 5.72. The van der Waals surface area contributed by atoms with Gasteiger partial charge in [-0.3, -0.25) is 5.43 Å². The standard InChI is InChI=1S/C10H19N3OS/c1-8(12-13-10(11)15)7-14-9-5-3-2-4-6-9/h9H,2-7H2,1H3,(H3,11,13,15). The van der Waals surface area contributed by atoms with Crippen LogP contribution in [0.15, 0.2) is 5.10 Å². The zero-order valence-electron chi connectivity index (χ0n) is 9.16. The third-order valence-corrected chi connectivity index (χ3v) is 2.53. The van der Waals surface area contributed by atoms with Gasteiger partial charge in [0.05, 0.1) is 18.4 Å². The smallest absolute Gasteiger partial charge is 0.184 e. The van der Waals surface area contributed by atoms with Gasteiger partial charge in [-0.05, 0) is 32.0 Å². The van der Waals surface area contributed by atoms with Crippen LogP contribution >= 0.6 is 12.2 Å². The van der Waals surface area contributed by atoms with E-state index in [-0.39, 0.29) is 5.11 Å². The van der Waals surface area contributed by atoms with Gasteiger partial charge >= 0.3 is 0 Å². The first-order chi connectivity index (χ1) is 7.18. The third-order valence-electron chi connectivity index (χ3n) is 2.44. The Morgan fingerprint density at radius 1 is 1.47 bits per heavy atom. The molecule has 0 bridgehead atoms. The SMILES string of the molecule is CC(COC1CCCCC1)=NNC(N)=S. The van der Waals surface area contributed by atoms with Crippen LogP contribution in [0.1, 0.15) is 39.0 Å². The van der Waals surface area contributed by atoms with Crippen molar-refractivity contribution in [2.24, 2.45) is 10.8 Å². The summed E-state index contributed by atoms with van der Waals surface area (Å²) in [5, 5.41) is 4.17. The maximum Gasteiger partial charge on any atom is 0.184 e. The summed E-state index contributed by atoms with van der Waals surface area (Å²) in [6, 6.07) is 0. The molecule has 0 spiro atoms. The van der Waals surface area contributed by atoms with E-state index >= 15 is 0 Å². The van der Waals surface area contributed by atoms with Gasteiger partial charge in [0.2, 0.25) is 0 Å². The van der Waals surface area contributed by atoms with Gasteiger partial charge in [-0.15, -0.1) is 0 Å². The molecular weight excluding hydrogens is 210 g/mol. The zero-order valence-corrected chi connectivity index (χ0v) is 9.98. The van der Waals surface area contributed by atoms with Gasteiger partial charge in [-0.1, -0.05) is 19.3 Å². The van der Waals surface area contributed by atoms with Crippen LogP contribution < -0.4 is 11.2 Å². The van der Waals surface area contributed by atoms with Crippen molar-refractivity contribution in [2.75, 3.05) is 6.61 Å². The fourth-order valence-corrected chi connectivity index (χ4v) is 1.70. The lowest BCUT2D eigenvalue weighted by molar-refractivity contribution is 0.0526. The molecule has 1 aliphatic rings. The van der Waals surface area contributed by atoms with Crippen molar-refractivity contribution in [3.63, 3.8) is 0 Å². The number of nitrogens with zero attached hydrogens (tertiary/aromatic N) is 1. The van der Waals surface area contributed by atoms with Gasteiger partial charge < -0.3 is 10.5 Å². The minimum Gasteiger partial charge on any atom is -0.375 e. The zero-order chi connectivity index (χ0) is 11.1. The monoisotopic (exact) mass is 229 g/mol. The van der Waals surface area contributed by atoms with Crippen molar-refractivity contribution in [3.8, 4) is 0 Å². The summed E-state index contributed by atoms with van der Waals surface area (Å²) >= 11 is 4.64. The summed E-state index contributed by atoms with van der Waals surface area (Å²) in [4.78, 5) is 0. The van der Waals surface area contributed by atoms with E-state index in [0.717, 1.165) is 5.71 Å². The summed E-state index contributed by atoms with van der Waals surface area (Å²) < 4.78 is 5.72. The van der Waals surface area contributed by atoms with Crippen molar-refractivity contribution >= 4 is 23.0 Å². The molecule has 3 N–H and O–H groups in total. The van der Waals surface area contributed by atoms with Crippen LogP contribution in [-0.4, -0.2) is 23.5 Å². The van der Waals surface area contributed by atoms with Crippen LogP contribution in [0.25, 0.3) is 0 Å². The topological polar surface area (TPSA) is 59.6 Å². The van der Waals surface area contributed by atoms with Gasteiger partial charge in [0, 0.05) is 0 Å². The Morgan fingerprint density at radius 2 is 2.13 bits per heavy atom. The van der Waals surface area contributed by atoms with Crippen molar-refractivity contribution in [1.29, 1.82) is 0 Å². The Labute approximate surface area is 96.2 Å². The van der Waals surface area contributed by atoms with Crippen LogP contribution in [0.4, 0.5) is 0 Å². The molecule has 0 radical (unpaired) electrons. The van der Waals surface area contributed by atoms with Crippen LogP contribution in [0.3, 0.4) is 0 Å². The molecule has 1 rings (SSSR count). The predicted octanol–water partition coefficient (Wildman–Crippen LogP) is 1.54. The molecule has 1 saturated carbocycles. The normalized spacial score (nSPS) is 18.9. The van der Waals surface area contributed by atoms with Crippen molar-refractivity contribution in [3.05, 3.63) is 0 Å². The number of ether oxygens (including phenoxy) is 1. The molecule has 15 heavy (non-hydrogen) atoms. The molecule has 1 aliphatic carbocycles. The van der Waals surface area contributed by atoms with Crippen molar-refractivity contribution < 1.29 is 4.74 Å². The van der Waals surface area contributed by atoms with Gasteiger partial charge in [0.25, 0.3) is 0 Å². The largest absolute Gasteiger partial charge is 0.375 e. The number of hydrogen-bond donors (Lipinski definition) is 2. The molecule has 0 aromatic rings. The Balaban J connectivity index is 2.17. The number of hydrazone groups is 1.